The van der Waals surface area contributed by atoms with E-state index < -0.39 is 5.97 Å². The van der Waals surface area contributed by atoms with Gasteiger partial charge in [0, 0.05) is 12.6 Å². The molecule has 0 bridgehead atoms. The zero-order chi connectivity index (χ0) is 21.5. The van der Waals surface area contributed by atoms with E-state index in [1.165, 1.54) is 0 Å². The molecule has 156 valence electrons. The topological polar surface area (TPSA) is 90.6 Å². The van der Waals surface area contributed by atoms with Crippen LogP contribution in [0.15, 0.2) is 58.8 Å². The normalized spacial score (nSPS) is 11.3. The number of para-hydroxylation sites is 1. The van der Waals surface area contributed by atoms with Crippen LogP contribution in [0.5, 0.6) is 5.75 Å². The van der Waals surface area contributed by atoms with Crippen LogP contribution < -0.4 is 10.2 Å². The summed E-state index contributed by atoms with van der Waals surface area (Å²) < 4.78 is 12.1. The summed E-state index contributed by atoms with van der Waals surface area (Å²) in [5.41, 5.74) is 4.24. The van der Waals surface area contributed by atoms with E-state index in [4.69, 9.17) is 21.1 Å². The maximum atomic E-state index is 12.4. The first-order valence-electron chi connectivity index (χ1n) is 9.00. The molecule has 30 heavy (non-hydrogen) atoms. The van der Waals surface area contributed by atoms with Gasteiger partial charge in [-0.05, 0) is 55.1 Å². The Labute approximate surface area is 183 Å². The Balaban J connectivity index is 1.85. The summed E-state index contributed by atoms with van der Waals surface area (Å²) >= 11 is 7.18. The minimum Gasteiger partial charge on any atom is -0.497 e. The van der Waals surface area contributed by atoms with Crippen molar-refractivity contribution in [2.24, 2.45) is 12.1 Å². The van der Waals surface area contributed by atoms with Gasteiger partial charge in [-0.2, -0.15) is 5.10 Å². The number of methoxy groups -OCH3 is 1. The number of thioether (sulfide) groups is 1. The second-order valence-electron chi connectivity index (χ2n) is 5.92. The molecule has 0 unspecified atom stereocenters. The molecule has 3 aromatic rings. The molecule has 1 N–H and O–H groups in total. The van der Waals surface area contributed by atoms with Crippen LogP contribution in [-0.2, 0) is 16.6 Å². The molecule has 0 saturated heterocycles. The number of hydrogen-bond acceptors (Lipinski definition) is 8. The number of esters is 1. The molecule has 8 nitrogen and oxygen atoms in total. The van der Waals surface area contributed by atoms with Crippen molar-refractivity contribution < 1.29 is 14.3 Å². The molecule has 0 aliphatic rings. The van der Waals surface area contributed by atoms with Gasteiger partial charge in [0.15, 0.2) is 11.0 Å². The SMILES string of the molecule is CCOC(=O)/C(=N/Nc1ccccc1Cl)Sc1nnc(-c2ccc(OC)cc2)n1C. The summed E-state index contributed by atoms with van der Waals surface area (Å²) in [5, 5.41) is 13.7. The molecule has 0 saturated carbocycles. The van der Waals surface area contributed by atoms with Crippen molar-refractivity contribution in [3.63, 3.8) is 0 Å². The third-order valence-corrected chi connectivity index (χ3v) is 5.29. The lowest BCUT2D eigenvalue weighted by Gasteiger charge is -2.08. The molecule has 0 atom stereocenters. The van der Waals surface area contributed by atoms with Crippen molar-refractivity contribution in [2.75, 3.05) is 19.1 Å². The fraction of sp³-hybridized carbons (Fsp3) is 0.200. The number of carbonyl (C=O) groups excluding carboxylic acids is 1. The van der Waals surface area contributed by atoms with Gasteiger partial charge in [0.2, 0.25) is 5.04 Å². The molecule has 0 aliphatic carbocycles. The Bertz CT molecular complexity index is 1050. The summed E-state index contributed by atoms with van der Waals surface area (Å²) in [5.74, 6) is 0.816. The Hall–Kier alpha value is -3.04. The number of anilines is 1. The van der Waals surface area contributed by atoms with Crippen LogP contribution in [0.4, 0.5) is 5.69 Å². The number of hydrazone groups is 1. The first-order chi connectivity index (χ1) is 14.5. The number of rotatable bonds is 6. The summed E-state index contributed by atoms with van der Waals surface area (Å²) in [6.45, 7) is 1.95. The standard InChI is InChI=1S/C20H20ClN5O3S/c1-4-29-19(27)18(24-22-16-8-6-5-7-15(16)21)30-20-25-23-17(26(20)2)13-9-11-14(28-3)12-10-13/h5-12,22H,4H2,1-3H3/b24-18-. The zero-order valence-corrected chi connectivity index (χ0v) is 18.2. The van der Waals surface area contributed by atoms with Crippen molar-refractivity contribution in [1.29, 1.82) is 0 Å². The molecular weight excluding hydrogens is 426 g/mol. The number of aromatic nitrogens is 3. The first-order valence-corrected chi connectivity index (χ1v) is 10.2. The first kappa shape index (κ1) is 21.7. The smallest absolute Gasteiger partial charge is 0.365 e. The molecule has 3 rings (SSSR count). The lowest BCUT2D eigenvalue weighted by molar-refractivity contribution is -0.134. The molecule has 1 aromatic heterocycles. The molecule has 0 radical (unpaired) electrons. The lowest BCUT2D eigenvalue weighted by Crippen LogP contribution is -2.16. The van der Waals surface area contributed by atoms with Crippen LogP contribution in [0.2, 0.25) is 5.02 Å². The highest BCUT2D eigenvalue weighted by atomic mass is 35.5. The van der Waals surface area contributed by atoms with Gasteiger partial charge in [-0.25, -0.2) is 4.79 Å². The van der Waals surface area contributed by atoms with Gasteiger partial charge in [-0.3, -0.25) is 5.43 Å². The number of ether oxygens (including phenoxy) is 2. The van der Waals surface area contributed by atoms with Gasteiger partial charge >= 0.3 is 5.97 Å². The zero-order valence-electron chi connectivity index (χ0n) is 16.6. The number of halogens is 1. The van der Waals surface area contributed by atoms with Crippen LogP contribution >= 0.6 is 23.4 Å². The van der Waals surface area contributed by atoms with Gasteiger partial charge in [0.05, 0.1) is 24.4 Å². The van der Waals surface area contributed by atoms with Gasteiger partial charge in [0.1, 0.15) is 5.75 Å². The summed E-state index contributed by atoms with van der Waals surface area (Å²) in [6.07, 6.45) is 0. The van der Waals surface area contributed by atoms with Crippen molar-refractivity contribution in [2.45, 2.75) is 12.1 Å². The van der Waals surface area contributed by atoms with E-state index in [0.29, 0.717) is 21.7 Å². The fourth-order valence-electron chi connectivity index (χ4n) is 2.45. The van der Waals surface area contributed by atoms with Gasteiger partial charge in [-0.15, -0.1) is 10.2 Å². The quantitative estimate of drug-likeness (QED) is 0.199. The average Bonchev–Trinajstić information content (AvgIpc) is 3.12. The fourth-order valence-corrected chi connectivity index (χ4v) is 3.34. The lowest BCUT2D eigenvalue weighted by atomic mass is 10.2. The van der Waals surface area contributed by atoms with E-state index in [0.717, 1.165) is 23.1 Å². The van der Waals surface area contributed by atoms with E-state index in [9.17, 15) is 4.79 Å². The molecule has 0 fully saturated rings. The molecule has 0 amide bonds. The number of nitrogens with zero attached hydrogens (tertiary/aromatic N) is 4. The van der Waals surface area contributed by atoms with E-state index in [1.807, 2.05) is 37.4 Å². The minimum absolute atomic E-state index is 0.0774. The number of nitrogens with one attached hydrogen (secondary N) is 1. The second-order valence-corrected chi connectivity index (χ2v) is 7.29. The van der Waals surface area contributed by atoms with Crippen LogP contribution in [0, 0.1) is 0 Å². The highest BCUT2D eigenvalue weighted by Gasteiger charge is 2.20. The summed E-state index contributed by atoms with van der Waals surface area (Å²) in [6, 6.07) is 14.5. The number of carbonyl (C=O) groups is 1. The third kappa shape index (κ3) is 5.11. The number of benzene rings is 2. The van der Waals surface area contributed by atoms with Crippen molar-refractivity contribution in [1.82, 2.24) is 14.8 Å². The van der Waals surface area contributed by atoms with Crippen LogP contribution in [0.25, 0.3) is 11.4 Å². The van der Waals surface area contributed by atoms with Gasteiger partial charge in [0.25, 0.3) is 0 Å². The molecule has 2 aromatic carbocycles. The van der Waals surface area contributed by atoms with E-state index in [1.54, 1.807) is 36.8 Å². The van der Waals surface area contributed by atoms with E-state index in [-0.39, 0.29) is 11.7 Å². The Kier molecular flexibility index (Phi) is 7.31. The van der Waals surface area contributed by atoms with Crippen molar-refractivity contribution in [3.05, 3.63) is 53.6 Å². The molecule has 0 spiro atoms. The maximum Gasteiger partial charge on any atom is 0.365 e. The Morgan fingerprint density at radius 3 is 2.60 bits per heavy atom. The molecule has 1 heterocycles. The Morgan fingerprint density at radius 1 is 1.20 bits per heavy atom. The molecule has 10 heteroatoms. The third-order valence-electron chi connectivity index (χ3n) is 3.97. The van der Waals surface area contributed by atoms with Crippen LogP contribution in [0.3, 0.4) is 0 Å². The molecular formula is C20H20ClN5O3S. The second kappa shape index (κ2) is 10.1. The Morgan fingerprint density at radius 2 is 1.93 bits per heavy atom. The highest BCUT2D eigenvalue weighted by molar-refractivity contribution is 8.15. The van der Waals surface area contributed by atoms with E-state index in [2.05, 4.69) is 20.7 Å². The predicted molar refractivity (Wildman–Crippen MR) is 118 cm³/mol. The number of hydrogen-bond donors (Lipinski definition) is 1. The minimum atomic E-state index is -0.573. The summed E-state index contributed by atoms with van der Waals surface area (Å²) in [7, 11) is 3.42. The maximum absolute atomic E-state index is 12.4. The van der Waals surface area contributed by atoms with E-state index >= 15 is 0 Å². The highest BCUT2D eigenvalue weighted by Crippen LogP contribution is 2.26. The van der Waals surface area contributed by atoms with Gasteiger partial charge < -0.3 is 14.0 Å². The van der Waals surface area contributed by atoms with Crippen LogP contribution in [-0.4, -0.2) is 39.5 Å². The van der Waals surface area contributed by atoms with Gasteiger partial charge in [-0.1, -0.05) is 23.7 Å². The van der Waals surface area contributed by atoms with Crippen molar-refractivity contribution >= 4 is 40.1 Å². The largest absolute Gasteiger partial charge is 0.497 e. The van der Waals surface area contributed by atoms with Crippen LogP contribution in [0.1, 0.15) is 6.92 Å². The summed E-state index contributed by atoms with van der Waals surface area (Å²) in [4.78, 5) is 12.4. The molecule has 0 aliphatic heterocycles. The van der Waals surface area contributed by atoms with Crippen molar-refractivity contribution in [3.8, 4) is 17.1 Å². The average molecular weight is 446 g/mol. The monoisotopic (exact) mass is 445 g/mol. The predicted octanol–water partition coefficient (Wildman–Crippen LogP) is 4.22.